The summed E-state index contributed by atoms with van der Waals surface area (Å²) in [5.41, 5.74) is 4.21. The van der Waals surface area contributed by atoms with Crippen molar-refractivity contribution in [2.75, 3.05) is 6.54 Å². The Morgan fingerprint density at radius 1 is 1.07 bits per heavy atom. The maximum atomic E-state index is 12.7. The molecule has 1 aliphatic rings. The molecule has 0 amide bonds. The van der Waals surface area contributed by atoms with Crippen LogP contribution in [0.5, 0.6) is 0 Å². The second kappa shape index (κ2) is 7.40. The smallest absolute Gasteiger partial charge is 0.255 e. The van der Waals surface area contributed by atoms with Crippen LogP contribution in [0, 0.1) is 0 Å². The van der Waals surface area contributed by atoms with Crippen LogP contribution in [0.15, 0.2) is 65.8 Å². The van der Waals surface area contributed by atoms with Gasteiger partial charge in [0.1, 0.15) is 5.82 Å². The highest BCUT2D eigenvalue weighted by atomic mass is 16.1. The van der Waals surface area contributed by atoms with Gasteiger partial charge in [-0.3, -0.25) is 14.7 Å². The number of H-pyrrole nitrogens is 1. The van der Waals surface area contributed by atoms with Crippen LogP contribution in [0.2, 0.25) is 0 Å². The number of hydrogen-bond donors (Lipinski definition) is 1. The average Bonchev–Trinajstić information content (AvgIpc) is 3.24. The zero-order valence-corrected chi connectivity index (χ0v) is 15.7. The summed E-state index contributed by atoms with van der Waals surface area (Å²) < 4.78 is 1.77. The summed E-state index contributed by atoms with van der Waals surface area (Å²) in [7, 11) is 0. The van der Waals surface area contributed by atoms with Gasteiger partial charge in [0.25, 0.3) is 5.56 Å². The first-order valence-corrected chi connectivity index (χ1v) is 9.48. The van der Waals surface area contributed by atoms with Crippen molar-refractivity contribution in [2.24, 2.45) is 0 Å². The molecule has 1 N–H and O–H groups in total. The van der Waals surface area contributed by atoms with E-state index in [0.29, 0.717) is 18.9 Å². The van der Waals surface area contributed by atoms with E-state index in [1.54, 1.807) is 17.1 Å². The van der Waals surface area contributed by atoms with Gasteiger partial charge in [-0.2, -0.15) is 0 Å². The van der Waals surface area contributed by atoms with E-state index in [-0.39, 0.29) is 5.56 Å². The summed E-state index contributed by atoms with van der Waals surface area (Å²) in [6.45, 7) is 2.00. The van der Waals surface area contributed by atoms with E-state index in [4.69, 9.17) is 0 Å². The molecule has 0 aliphatic carbocycles. The summed E-state index contributed by atoms with van der Waals surface area (Å²) in [6, 6.07) is 13.6. The van der Waals surface area contributed by atoms with Crippen LogP contribution in [-0.2, 0) is 19.5 Å². The van der Waals surface area contributed by atoms with Gasteiger partial charge in [-0.1, -0.05) is 23.4 Å². The molecule has 5 rings (SSSR count). The summed E-state index contributed by atoms with van der Waals surface area (Å²) >= 11 is 0. The number of rotatable bonds is 4. The van der Waals surface area contributed by atoms with E-state index in [1.807, 2.05) is 48.7 Å². The number of aromatic nitrogens is 6. The van der Waals surface area contributed by atoms with Crippen LogP contribution in [0.1, 0.15) is 17.0 Å². The minimum absolute atomic E-state index is 0.0838. The van der Waals surface area contributed by atoms with Gasteiger partial charge in [-0.05, 0) is 24.3 Å². The Morgan fingerprint density at radius 2 is 1.90 bits per heavy atom. The van der Waals surface area contributed by atoms with Gasteiger partial charge >= 0.3 is 0 Å². The van der Waals surface area contributed by atoms with E-state index < -0.39 is 0 Å². The standard InChI is InChI=1S/C21H19N7O/c29-21-18-14-27(12-16-13-28(26-25-16)17-4-2-1-3-5-17)11-8-19(18)23-20(24-21)15-6-9-22-10-7-15/h1-7,9-10,13H,8,11-12,14H2,(H,23,24,29). The lowest BCUT2D eigenvalue weighted by molar-refractivity contribution is 0.239. The van der Waals surface area contributed by atoms with Crippen LogP contribution < -0.4 is 5.56 Å². The average molecular weight is 385 g/mol. The van der Waals surface area contributed by atoms with Crippen molar-refractivity contribution in [2.45, 2.75) is 19.5 Å². The largest absolute Gasteiger partial charge is 0.306 e. The number of pyridine rings is 1. The molecule has 4 aromatic rings. The Morgan fingerprint density at radius 3 is 2.72 bits per heavy atom. The minimum Gasteiger partial charge on any atom is -0.306 e. The second-order valence-corrected chi connectivity index (χ2v) is 7.03. The zero-order chi connectivity index (χ0) is 19.6. The maximum absolute atomic E-state index is 12.7. The third kappa shape index (κ3) is 3.57. The predicted molar refractivity (Wildman–Crippen MR) is 107 cm³/mol. The number of fused-ring (bicyclic) bond motifs is 1. The molecule has 1 aromatic carbocycles. The molecule has 8 heteroatoms. The molecule has 0 atom stereocenters. The molecule has 144 valence electrons. The lowest BCUT2D eigenvalue weighted by atomic mass is 10.1. The van der Waals surface area contributed by atoms with Crippen molar-refractivity contribution in [1.29, 1.82) is 0 Å². The third-order valence-electron chi connectivity index (χ3n) is 5.05. The normalized spacial score (nSPS) is 13.9. The Kier molecular flexibility index (Phi) is 4.45. The Bertz CT molecular complexity index is 1180. The van der Waals surface area contributed by atoms with Crippen LogP contribution in [0.4, 0.5) is 0 Å². The van der Waals surface area contributed by atoms with Crippen molar-refractivity contribution in [3.05, 3.63) is 88.4 Å². The predicted octanol–water partition coefficient (Wildman–Crippen LogP) is 1.97. The molecule has 3 aromatic heterocycles. The number of aromatic amines is 1. The molecule has 0 saturated heterocycles. The van der Waals surface area contributed by atoms with Gasteiger partial charge in [0.15, 0.2) is 0 Å². The number of benzene rings is 1. The lowest BCUT2D eigenvalue weighted by Crippen LogP contribution is -2.35. The van der Waals surface area contributed by atoms with Gasteiger partial charge in [-0.15, -0.1) is 5.10 Å². The minimum atomic E-state index is -0.0838. The van der Waals surface area contributed by atoms with Crippen LogP contribution in [0.3, 0.4) is 0 Å². The molecule has 0 unspecified atom stereocenters. The number of nitrogens with zero attached hydrogens (tertiary/aromatic N) is 6. The maximum Gasteiger partial charge on any atom is 0.255 e. The molecule has 8 nitrogen and oxygen atoms in total. The van der Waals surface area contributed by atoms with Crippen molar-refractivity contribution in [3.63, 3.8) is 0 Å². The summed E-state index contributed by atoms with van der Waals surface area (Å²) in [5, 5.41) is 8.50. The first kappa shape index (κ1) is 17.4. The highest BCUT2D eigenvalue weighted by molar-refractivity contribution is 5.54. The molecule has 0 fully saturated rings. The van der Waals surface area contributed by atoms with Crippen molar-refractivity contribution in [3.8, 4) is 17.1 Å². The Balaban J connectivity index is 1.34. The fourth-order valence-corrected chi connectivity index (χ4v) is 3.57. The van der Waals surface area contributed by atoms with Crippen molar-refractivity contribution >= 4 is 0 Å². The number of nitrogens with one attached hydrogen (secondary N) is 1. The lowest BCUT2D eigenvalue weighted by Gasteiger charge is -2.26. The molecule has 0 spiro atoms. The van der Waals surface area contributed by atoms with E-state index in [2.05, 4.69) is 30.2 Å². The molecule has 0 bridgehead atoms. The Labute approximate surface area is 166 Å². The van der Waals surface area contributed by atoms with Crippen molar-refractivity contribution in [1.82, 2.24) is 34.8 Å². The SMILES string of the molecule is O=c1[nH]c(-c2ccncc2)nc2c1CN(Cc1cn(-c3ccccc3)nn1)CC2. The molecule has 0 radical (unpaired) electrons. The highest BCUT2D eigenvalue weighted by Gasteiger charge is 2.22. The van der Waals surface area contributed by atoms with Gasteiger partial charge in [0.2, 0.25) is 0 Å². The third-order valence-corrected chi connectivity index (χ3v) is 5.05. The van der Waals surface area contributed by atoms with Crippen LogP contribution in [-0.4, -0.2) is 41.4 Å². The molecule has 1 aliphatic heterocycles. The van der Waals surface area contributed by atoms with E-state index in [1.165, 1.54) is 0 Å². The van der Waals surface area contributed by atoms with E-state index in [0.717, 1.165) is 41.2 Å². The first-order chi connectivity index (χ1) is 14.3. The second-order valence-electron chi connectivity index (χ2n) is 7.03. The summed E-state index contributed by atoms with van der Waals surface area (Å²) in [6.07, 6.45) is 6.04. The van der Waals surface area contributed by atoms with Gasteiger partial charge in [0.05, 0.1) is 28.8 Å². The highest BCUT2D eigenvalue weighted by Crippen LogP contribution is 2.19. The quantitative estimate of drug-likeness (QED) is 0.577. The van der Waals surface area contributed by atoms with Crippen molar-refractivity contribution < 1.29 is 0 Å². The number of para-hydroxylation sites is 1. The molecule has 4 heterocycles. The first-order valence-electron chi connectivity index (χ1n) is 9.48. The van der Waals surface area contributed by atoms with Gasteiger partial charge in [0, 0.05) is 44.0 Å². The van der Waals surface area contributed by atoms with Gasteiger partial charge < -0.3 is 4.98 Å². The fourth-order valence-electron chi connectivity index (χ4n) is 3.57. The topological polar surface area (TPSA) is 92.6 Å². The van der Waals surface area contributed by atoms with Crippen LogP contribution >= 0.6 is 0 Å². The summed E-state index contributed by atoms with van der Waals surface area (Å²) in [4.78, 5) is 26.5. The van der Waals surface area contributed by atoms with E-state index in [9.17, 15) is 4.79 Å². The Hall–Kier alpha value is -3.65. The molecular weight excluding hydrogens is 366 g/mol. The van der Waals surface area contributed by atoms with Gasteiger partial charge in [-0.25, -0.2) is 9.67 Å². The summed E-state index contributed by atoms with van der Waals surface area (Å²) in [5.74, 6) is 0.593. The zero-order valence-electron chi connectivity index (χ0n) is 15.7. The molecule has 29 heavy (non-hydrogen) atoms. The fraction of sp³-hybridized carbons (Fsp3) is 0.190. The molecule has 0 saturated carbocycles. The monoisotopic (exact) mass is 385 g/mol. The van der Waals surface area contributed by atoms with E-state index >= 15 is 0 Å². The number of hydrogen-bond acceptors (Lipinski definition) is 6. The molecular formula is C21H19N7O. The van der Waals surface area contributed by atoms with Crippen LogP contribution in [0.25, 0.3) is 17.1 Å².